The third kappa shape index (κ3) is 9.55. The topological polar surface area (TPSA) is 164 Å². The molecule has 0 aliphatic carbocycles. The van der Waals surface area contributed by atoms with Gasteiger partial charge in [-0.15, -0.1) is 0 Å². The Balaban J connectivity index is 1.39. The lowest BCUT2D eigenvalue weighted by molar-refractivity contribution is 0.0808. The van der Waals surface area contributed by atoms with E-state index in [0.29, 0.717) is 59.9 Å². The summed E-state index contributed by atoms with van der Waals surface area (Å²) in [5, 5.41) is 0.680. The number of fused-ring (bicyclic) bond motifs is 1. The predicted molar refractivity (Wildman–Crippen MR) is 195 cm³/mol. The van der Waals surface area contributed by atoms with Gasteiger partial charge in [-0.25, -0.2) is 22.3 Å². The van der Waals surface area contributed by atoms with Crippen molar-refractivity contribution in [3.8, 4) is 16.9 Å². The zero-order valence-corrected chi connectivity index (χ0v) is 29.8. The number of benzene rings is 2. The van der Waals surface area contributed by atoms with Crippen LogP contribution >= 0.6 is 11.6 Å². The number of aromatic nitrogens is 3. The smallest absolute Gasteiger partial charge is 0.354 e. The van der Waals surface area contributed by atoms with Gasteiger partial charge in [0.15, 0.2) is 5.82 Å². The standard InChI is InChI=1S/C35H46ClFN8O3S/c1-22(38)6-4-7-24-18-29(33(37)30(36)19-24)31-20-26-21-45(35(46)43-34(26)42-31)28-12-10-25(11-13-28)32-9-5-8-27(14-15-40-23(2)39)44(32)17-16-41-49(3,47)48/h10-13,18-22,27,32,41H,4-9,14-17,38H2,1-3H3,(H2,39,40)(H,42,43,46). The Labute approximate surface area is 292 Å². The van der Waals surface area contributed by atoms with Crippen LogP contribution in [0.15, 0.2) is 58.4 Å². The van der Waals surface area contributed by atoms with Crippen LogP contribution in [0.2, 0.25) is 5.02 Å². The summed E-state index contributed by atoms with van der Waals surface area (Å²) in [6, 6.07) is 13.4. The van der Waals surface area contributed by atoms with Gasteiger partial charge in [0.05, 0.1) is 28.5 Å². The van der Waals surface area contributed by atoms with Crippen LogP contribution in [0, 0.1) is 5.82 Å². The van der Waals surface area contributed by atoms with Gasteiger partial charge in [0.1, 0.15) is 5.65 Å². The van der Waals surface area contributed by atoms with Crippen molar-refractivity contribution in [3.05, 3.63) is 81.1 Å². The average molecular weight is 713 g/mol. The number of amidine groups is 1. The first-order chi connectivity index (χ1) is 23.3. The number of H-pyrrole nitrogens is 1. The van der Waals surface area contributed by atoms with Crippen molar-refractivity contribution in [1.82, 2.24) is 24.2 Å². The molecule has 3 heterocycles. The SMILES string of the molecule is CC(N)=NCCC1CCCC(c2ccc(-n3cc4cc(-c5cc(CCCC(C)N)cc(Cl)c5F)[nH]c4nc3=O)cc2)N1CCNS(C)(=O)=O. The molecule has 11 nitrogen and oxygen atoms in total. The van der Waals surface area contributed by atoms with Gasteiger partial charge >= 0.3 is 5.69 Å². The minimum atomic E-state index is -3.32. The first-order valence-electron chi connectivity index (χ1n) is 16.7. The Bertz CT molecular complexity index is 1960. The lowest BCUT2D eigenvalue weighted by Crippen LogP contribution is -2.45. The number of aromatic amines is 1. The van der Waals surface area contributed by atoms with Gasteiger partial charge < -0.3 is 16.5 Å². The first-order valence-corrected chi connectivity index (χ1v) is 19.0. The Morgan fingerprint density at radius 2 is 1.98 bits per heavy atom. The van der Waals surface area contributed by atoms with Gasteiger partial charge in [0.25, 0.3) is 0 Å². The number of likely N-dealkylation sites (tertiary alicyclic amines) is 1. The molecule has 4 aromatic rings. The highest BCUT2D eigenvalue weighted by atomic mass is 35.5. The molecule has 0 saturated carbocycles. The minimum absolute atomic E-state index is 0.0354. The Hall–Kier alpha value is -3.62. The van der Waals surface area contributed by atoms with Crippen molar-refractivity contribution in [1.29, 1.82) is 0 Å². The molecule has 3 unspecified atom stereocenters. The summed E-state index contributed by atoms with van der Waals surface area (Å²) in [5.41, 5.74) is 15.0. The molecule has 0 spiro atoms. The highest BCUT2D eigenvalue weighted by Gasteiger charge is 2.31. The van der Waals surface area contributed by atoms with Gasteiger partial charge in [-0.3, -0.25) is 14.5 Å². The molecule has 49 heavy (non-hydrogen) atoms. The van der Waals surface area contributed by atoms with Gasteiger partial charge in [0, 0.05) is 54.9 Å². The number of hydrogen-bond donors (Lipinski definition) is 4. The van der Waals surface area contributed by atoms with E-state index in [1.807, 2.05) is 31.2 Å². The van der Waals surface area contributed by atoms with E-state index >= 15 is 4.39 Å². The summed E-state index contributed by atoms with van der Waals surface area (Å²) in [6.07, 6.45) is 9.03. The number of rotatable bonds is 14. The molecule has 2 aromatic heterocycles. The molecule has 1 fully saturated rings. The Kier molecular flexibility index (Phi) is 11.9. The van der Waals surface area contributed by atoms with Crippen LogP contribution in [-0.2, 0) is 16.4 Å². The number of aryl methyl sites for hydroxylation is 1. The third-order valence-corrected chi connectivity index (χ3v) is 10.0. The fourth-order valence-corrected chi connectivity index (χ4v) is 7.39. The highest BCUT2D eigenvalue weighted by Crippen LogP contribution is 2.36. The van der Waals surface area contributed by atoms with Gasteiger partial charge in [-0.05, 0) is 100 Å². The molecule has 14 heteroatoms. The van der Waals surface area contributed by atoms with Crippen molar-refractivity contribution >= 4 is 38.5 Å². The summed E-state index contributed by atoms with van der Waals surface area (Å²) < 4.78 is 42.9. The average Bonchev–Trinajstić information content (AvgIpc) is 3.44. The monoisotopic (exact) mass is 712 g/mol. The van der Waals surface area contributed by atoms with E-state index in [1.54, 1.807) is 31.3 Å². The maximum absolute atomic E-state index is 15.2. The molecule has 6 N–H and O–H groups in total. The van der Waals surface area contributed by atoms with Gasteiger partial charge in [0.2, 0.25) is 10.0 Å². The number of aliphatic imine (C=N–C) groups is 1. The molecule has 5 rings (SSSR count). The summed E-state index contributed by atoms with van der Waals surface area (Å²) in [6.45, 7) is 5.18. The van der Waals surface area contributed by atoms with Crippen molar-refractivity contribution in [3.63, 3.8) is 0 Å². The van der Waals surface area contributed by atoms with Crippen LogP contribution in [-0.4, -0.2) is 71.7 Å². The lowest BCUT2D eigenvalue weighted by Gasteiger charge is -2.42. The van der Waals surface area contributed by atoms with Gasteiger partial charge in [-0.2, -0.15) is 4.98 Å². The van der Waals surface area contributed by atoms with E-state index in [4.69, 9.17) is 23.1 Å². The summed E-state index contributed by atoms with van der Waals surface area (Å²) >= 11 is 6.28. The largest absolute Gasteiger partial charge is 0.388 e. The molecule has 0 radical (unpaired) electrons. The zero-order chi connectivity index (χ0) is 35.3. The number of piperidine rings is 1. The second-order valence-electron chi connectivity index (χ2n) is 13.1. The van der Waals surface area contributed by atoms with E-state index < -0.39 is 21.5 Å². The molecule has 0 amide bonds. The van der Waals surface area contributed by atoms with E-state index in [0.717, 1.165) is 55.9 Å². The summed E-state index contributed by atoms with van der Waals surface area (Å²) in [4.78, 5) is 27.3. The normalized spacial score (nSPS) is 18.3. The van der Waals surface area contributed by atoms with Crippen LogP contribution in [0.25, 0.3) is 28.0 Å². The van der Waals surface area contributed by atoms with Gasteiger partial charge in [-0.1, -0.05) is 23.7 Å². The molecule has 2 aromatic carbocycles. The zero-order valence-electron chi connectivity index (χ0n) is 28.3. The Morgan fingerprint density at radius 1 is 1.22 bits per heavy atom. The van der Waals surface area contributed by atoms with Crippen LogP contribution < -0.4 is 21.9 Å². The van der Waals surface area contributed by atoms with Crippen LogP contribution in [0.3, 0.4) is 0 Å². The summed E-state index contributed by atoms with van der Waals surface area (Å²) in [5.74, 6) is 0.00449. The number of nitrogens with two attached hydrogens (primary N) is 2. The van der Waals surface area contributed by atoms with Crippen LogP contribution in [0.1, 0.15) is 69.5 Å². The maximum atomic E-state index is 15.2. The highest BCUT2D eigenvalue weighted by molar-refractivity contribution is 7.88. The van der Waals surface area contributed by atoms with E-state index in [-0.39, 0.29) is 23.1 Å². The summed E-state index contributed by atoms with van der Waals surface area (Å²) in [7, 11) is -3.32. The molecule has 1 aliphatic heterocycles. The molecule has 3 atom stereocenters. The molecule has 1 aliphatic rings. The van der Waals surface area contributed by atoms with Crippen molar-refractivity contribution in [2.24, 2.45) is 16.5 Å². The number of nitrogens with one attached hydrogen (secondary N) is 2. The molecule has 264 valence electrons. The number of sulfonamides is 1. The predicted octanol–water partition coefficient (Wildman–Crippen LogP) is 5.06. The minimum Gasteiger partial charge on any atom is -0.388 e. The lowest BCUT2D eigenvalue weighted by atomic mass is 9.89. The first kappa shape index (κ1) is 36.7. The second kappa shape index (κ2) is 15.9. The van der Waals surface area contributed by atoms with Crippen molar-refractivity contribution < 1.29 is 12.8 Å². The Morgan fingerprint density at radius 3 is 2.67 bits per heavy atom. The second-order valence-corrected chi connectivity index (χ2v) is 15.3. The van der Waals surface area contributed by atoms with E-state index in [2.05, 4.69) is 24.6 Å². The quantitative estimate of drug-likeness (QED) is 0.105. The van der Waals surface area contributed by atoms with E-state index in [9.17, 15) is 13.2 Å². The van der Waals surface area contributed by atoms with Crippen molar-refractivity contribution in [2.45, 2.75) is 76.9 Å². The molecule has 0 bridgehead atoms. The van der Waals surface area contributed by atoms with Crippen molar-refractivity contribution in [2.75, 3.05) is 25.9 Å². The number of hydrogen-bond acceptors (Lipinski definition) is 7. The van der Waals surface area contributed by atoms with Crippen LogP contribution in [0.5, 0.6) is 0 Å². The molecular weight excluding hydrogens is 667 g/mol. The fourth-order valence-electron chi connectivity index (χ4n) is 6.68. The van der Waals surface area contributed by atoms with Crippen LogP contribution in [0.4, 0.5) is 4.39 Å². The number of nitrogens with zero attached hydrogens (tertiary/aromatic N) is 4. The number of halogens is 2. The third-order valence-electron chi connectivity index (χ3n) is 9.01. The molecule has 1 saturated heterocycles. The molecular formula is C35H46ClFN8O3S. The van der Waals surface area contributed by atoms with E-state index in [1.165, 1.54) is 4.57 Å². The fraction of sp³-hybridized carbons (Fsp3) is 0.457. The maximum Gasteiger partial charge on any atom is 0.354 e.